The van der Waals surface area contributed by atoms with E-state index in [4.69, 9.17) is 9.47 Å². The molecule has 0 saturated heterocycles. The summed E-state index contributed by atoms with van der Waals surface area (Å²) in [5, 5.41) is 12.5. The van der Waals surface area contributed by atoms with Gasteiger partial charge in [-0.15, -0.1) is 0 Å². The van der Waals surface area contributed by atoms with Gasteiger partial charge >= 0.3 is 0 Å². The fraction of sp³-hybridized carbons (Fsp3) is 0.185. The predicted molar refractivity (Wildman–Crippen MR) is 145 cm³/mol. The molecule has 7 heteroatoms. The lowest BCUT2D eigenvalue weighted by Crippen LogP contribution is -2.27. The van der Waals surface area contributed by atoms with Gasteiger partial charge in [0.1, 0.15) is 18.2 Å². The third-order valence-corrected chi connectivity index (χ3v) is 6.28. The Morgan fingerprint density at radius 3 is 2.50 bits per heavy atom. The van der Waals surface area contributed by atoms with Crippen molar-refractivity contribution in [2.75, 3.05) is 6.61 Å². The highest BCUT2D eigenvalue weighted by molar-refractivity contribution is 14.1. The molecular weight excluding hydrogens is 607 g/mol. The van der Waals surface area contributed by atoms with Crippen LogP contribution in [0, 0.1) is 14.9 Å². The summed E-state index contributed by atoms with van der Waals surface area (Å²) in [6, 6.07) is 23.0. The smallest absolute Gasteiger partial charge is 0.262 e. The van der Waals surface area contributed by atoms with Crippen molar-refractivity contribution in [3.63, 3.8) is 0 Å². The Bertz CT molecular complexity index is 1210. The van der Waals surface area contributed by atoms with E-state index in [0.717, 1.165) is 19.2 Å². The molecule has 0 bridgehead atoms. The predicted octanol–water partition coefficient (Wildman–Crippen LogP) is 6.82. The number of hydrogen-bond donors (Lipinski definition) is 1. The second kappa shape index (κ2) is 12.6. The number of carbonyl (C=O) groups excluding carboxylic acids is 1. The SMILES string of the molecule is CCOc1cc(/C=C(\C#N)C(=O)N[C@H](C)c2ccccc2)cc(I)c1OCc1ccc(Br)cc1. The zero-order valence-electron chi connectivity index (χ0n) is 18.8. The molecule has 5 nitrogen and oxygen atoms in total. The van der Waals surface area contributed by atoms with Gasteiger partial charge in [0.2, 0.25) is 0 Å². The fourth-order valence-corrected chi connectivity index (χ4v) is 4.27. The van der Waals surface area contributed by atoms with E-state index in [1.165, 1.54) is 0 Å². The topological polar surface area (TPSA) is 71.3 Å². The molecule has 0 aliphatic carbocycles. The van der Waals surface area contributed by atoms with Gasteiger partial charge in [-0.1, -0.05) is 58.4 Å². The number of ether oxygens (including phenoxy) is 2. The van der Waals surface area contributed by atoms with Crippen LogP contribution in [0.3, 0.4) is 0 Å². The van der Waals surface area contributed by atoms with Crippen LogP contribution in [0.25, 0.3) is 6.08 Å². The van der Waals surface area contributed by atoms with Gasteiger partial charge < -0.3 is 14.8 Å². The van der Waals surface area contributed by atoms with Gasteiger partial charge in [0.15, 0.2) is 11.5 Å². The minimum absolute atomic E-state index is 0.0181. The third kappa shape index (κ3) is 7.08. The maximum atomic E-state index is 12.7. The van der Waals surface area contributed by atoms with Crippen molar-refractivity contribution in [2.45, 2.75) is 26.5 Å². The third-order valence-electron chi connectivity index (χ3n) is 4.95. The lowest BCUT2D eigenvalue weighted by atomic mass is 10.1. The first-order chi connectivity index (χ1) is 16.4. The van der Waals surface area contributed by atoms with Crippen LogP contribution in [0.2, 0.25) is 0 Å². The fourth-order valence-electron chi connectivity index (χ4n) is 3.23. The maximum absolute atomic E-state index is 12.7. The first-order valence-corrected chi connectivity index (χ1v) is 12.6. The summed E-state index contributed by atoms with van der Waals surface area (Å²) in [5.74, 6) is 0.763. The van der Waals surface area contributed by atoms with E-state index in [-0.39, 0.29) is 11.6 Å². The summed E-state index contributed by atoms with van der Waals surface area (Å²) in [4.78, 5) is 12.7. The summed E-state index contributed by atoms with van der Waals surface area (Å²) >= 11 is 5.61. The molecule has 0 spiro atoms. The van der Waals surface area contributed by atoms with Crippen LogP contribution < -0.4 is 14.8 Å². The van der Waals surface area contributed by atoms with E-state index in [9.17, 15) is 10.1 Å². The number of carbonyl (C=O) groups is 1. The van der Waals surface area contributed by atoms with Crippen molar-refractivity contribution < 1.29 is 14.3 Å². The van der Waals surface area contributed by atoms with Crippen LogP contribution in [-0.4, -0.2) is 12.5 Å². The number of benzene rings is 3. The van der Waals surface area contributed by atoms with E-state index in [2.05, 4.69) is 43.8 Å². The number of nitrogens with one attached hydrogen (secondary N) is 1. The Morgan fingerprint density at radius 1 is 1.15 bits per heavy atom. The quantitative estimate of drug-likeness (QED) is 0.160. The molecule has 0 unspecified atom stereocenters. The van der Waals surface area contributed by atoms with Crippen LogP contribution in [-0.2, 0) is 11.4 Å². The Balaban J connectivity index is 1.81. The van der Waals surface area contributed by atoms with Gasteiger partial charge in [0.05, 0.1) is 16.2 Å². The summed E-state index contributed by atoms with van der Waals surface area (Å²) in [5.41, 5.74) is 2.70. The lowest BCUT2D eigenvalue weighted by Gasteiger charge is -2.16. The van der Waals surface area contributed by atoms with Crippen molar-refractivity contribution in [1.82, 2.24) is 5.32 Å². The summed E-state index contributed by atoms with van der Waals surface area (Å²) in [6.45, 7) is 4.63. The maximum Gasteiger partial charge on any atom is 0.262 e. The molecule has 34 heavy (non-hydrogen) atoms. The number of hydrogen-bond acceptors (Lipinski definition) is 4. The van der Waals surface area contributed by atoms with Gasteiger partial charge in [0.25, 0.3) is 5.91 Å². The summed E-state index contributed by atoms with van der Waals surface area (Å²) < 4.78 is 13.7. The molecule has 0 aliphatic rings. The molecule has 1 N–H and O–H groups in total. The zero-order chi connectivity index (χ0) is 24.5. The molecular formula is C27H24BrIN2O3. The van der Waals surface area contributed by atoms with Gasteiger partial charge in [-0.2, -0.15) is 5.26 Å². The first-order valence-electron chi connectivity index (χ1n) is 10.7. The highest BCUT2D eigenvalue weighted by Crippen LogP contribution is 2.35. The number of rotatable bonds is 9. The van der Waals surface area contributed by atoms with Gasteiger partial charge in [-0.05, 0) is 83.5 Å². The minimum Gasteiger partial charge on any atom is -0.490 e. The van der Waals surface area contributed by atoms with E-state index < -0.39 is 5.91 Å². The number of nitriles is 1. The Morgan fingerprint density at radius 2 is 1.85 bits per heavy atom. The van der Waals surface area contributed by atoms with E-state index in [1.54, 1.807) is 12.1 Å². The number of halogens is 2. The van der Waals surface area contributed by atoms with Crippen LogP contribution >= 0.6 is 38.5 Å². The lowest BCUT2D eigenvalue weighted by molar-refractivity contribution is -0.117. The van der Waals surface area contributed by atoms with Gasteiger partial charge in [0, 0.05) is 4.47 Å². The minimum atomic E-state index is -0.428. The highest BCUT2D eigenvalue weighted by Gasteiger charge is 2.16. The molecule has 0 fully saturated rings. The normalized spacial score (nSPS) is 11.9. The molecule has 3 rings (SSSR count). The molecule has 0 heterocycles. The zero-order valence-corrected chi connectivity index (χ0v) is 22.6. The number of nitrogens with zero attached hydrogens (tertiary/aromatic N) is 1. The highest BCUT2D eigenvalue weighted by atomic mass is 127. The monoisotopic (exact) mass is 630 g/mol. The second-order valence-corrected chi connectivity index (χ2v) is 9.53. The molecule has 1 amide bonds. The van der Waals surface area contributed by atoms with Crippen LogP contribution in [0.5, 0.6) is 11.5 Å². The van der Waals surface area contributed by atoms with Crippen molar-refractivity contribution in [1.29, 1.82) is 5.26 Å². The molecule has 0 aromatic heterocycles. The van der Waals surface area contributed by atoms with E-state index in [1.807, 2.05) is 80.6 Å². The van der Waals surface area contributed by atoms with E-state index >= 15 is 0 Å². The average molecular weight is 631 g/mol. The van der Waals surface area contributed by atoms with Crippen molar-refractivity contribution in [2.24, 2.45) is 0 Å². The second-order valence-electron chi connectivity index (χ2n) is 7.45. The van der Waals surface area contributed by atoms with Crippen molar-refractivity contribution in [3.8, 4) is 17.6 Å². The molecule has 174 valence electrons. The van der Waals surface area contributed by atoms with Crippen molar-refractivity contribution in [3.05, 3.63) is 97.0 Å². The van der Waals surface area contributed by atoms with E-state index in [0.29, 0.717) is 30.3 Å². The van der Waals surface area contributed by atoms with Crippen LogP contribution in [0.15, 0.2) is 76.8 Å². The Kier molecular flexibility index (Phi) is 9.54. The largest absolute Gasteiger partial charge is 0.490 e. The molecule has 0 aliphatic heterocycles. The van der Waals surface area contributed by atoms with Gasteiger partial charge in [-0.3, -0.25) is 4.79 Å². The molecule has 0 radical (unpaired) electrons. The molecule has 3 aromatic rings. The molecule has 0 saturated carbocycles. The summed E-state index contributed by atoms with van der Waals surface area (Å²) in [7, 11) is 0. The van der Waals surface area contributed by atoms with Gasteiger partial charge in [-0.25, -0.2) is 0 Å². The summed E-state index contributed by atoms with van der Waals surface area (Å²) in [6.07, 6.45) is 1.57. The molecule has 3 aromatic carbocycles. The standard InChI is InChI=1S/C27H24BrIN2O3/c1-3-33-25-15-20(14-24(29)26(25)34-17-19-9-11-23(28)12-10-19)13-22(16-30)27(32)31-18(2)21-7-5-4-6-8-21/h4-15,18H,3,17H2,1-2H3,(H,31,32)/b22-13+/t18-/m1/s1. The Labute approximate surface area is 222 Å². The first kappa shape index (κ1) is 25.8. The van der Waals surface area contributed by atoms with Crippen molar-refractivity contribution >= 4 is 50.5 Å². The Hall–Kier alpha value is -2.83. The van der Waals surface area contributed by atoms with Crippen LogP contribution in [0.1, 0.15) is 36.6 Å². The number of amides is 1. The van der Waals surface area contributed by atoms with Crippen LogP contribution in [0.4, 0.5) is 0 Å². The molecule has 1 atom stereocenters. The average Bonchev–Trinajstić information content (AvgIpc) is 2.83.